The summed E-state index contributed by atoms with van der Waals surface area (Å²) >= 11 is 0. The molecule has 180 valence electrons. The van der Waals surface area contributed by atoms with Gasteiger partial charge in [-0.25, -0.2) is 9.98 Å². The normalized spacial score (nSPS) is 18.8. The molecule has 1 aromatic heterocycles. The molecule has 1 aromatic rings. The van der Waals surface area contributed by atoms with Crippen molar-refractivity contribution >= 4 is 41.7 Å². The Hall–Kier alpha value is -1.62. The summed E-state index contributed by atoms with van der Waals surface area (Å²) in [5.74, 6) is 1.64. The number of aromatic nitrogens is 1. The molecule has 32 heavy (non-hydrogen) atoms. The monoisotopic (exact) mass is 557 g/mol. The zero-order valence-electron chi connectivity index (χ0n) is 19.6. The average molecular weight is 558 g/mol. The van der Waals surface area contributed by atoms with Crippen molar-refractivity contribution in [3.63, 3.8) is 0 Å². The lowest BCUT2D eigenvalue weighted by molar-refractivity contribution is -0.122. The second kappa shape index (κ2) is 13.8. The molecular weight excluding hydrogens is 517 g/mol. The molecule has 1 amide bonds. The minimum Gasteiger partial charge on any atom is -0.369 e. The van der Waals surface area contributed by atoms with E-state index in [0.717, 1.165) is 75.7 Å². The molecule has 0 aromatic carbocycles. The number of rotatable bonds is 8. The molecule has 9 heteroatoms. The van der Waals surface area contributed by atoms with E-state index in [9.17, 15) is 4.79 Å². The van der Waals surface area contributed by atoms with E-state index < -0.39 is 0 Å². The van der Waals surface area contributed by atoms with Crippen molar-refractivity contribution in [3.05, 3.63) is 23.9 Å². The van der Waals surface area contributed by atoms with Crippen LogP contribution < -0.4 is 21.3 Å². The van der Waals surface area contributed by atoms with Crippen LogP contribution in [0.15, 0.2) is 23.3 Å². The third-order valence-corrected chi connectivity index (χ3v) is 6.28. The average Bonchev–Trinajstić information content (AvgIpc) is 2.79. The Balaban J connectivity index is 0.00000363. The molecule has 0 aliphatic carbocycles. The van der Waals surface area contributed by atoms with Gasteiger partial charge in [0.25, 0.3) is 0 Å². The van der Waals surface area contributed by atoms with Crippen LogP contribution in [-0.2, 0) is 11.3 Å². The van der Waals surface area contributed by atoms with Gasteiger partial charge in [0.1, 0.15) is 5.82 Å². The number of pyridine rings is 1. The lowest BCUT2D eigenvalue weighted by Crippen LogP contribution is -2.48. The maximum atomic E-state index is 11.5. The number of hydrogen-bond acceptors (Lipinski definition) is 5. The van der Waals surface area contributed by atoms with Gasteiger partial charge in [-0.1, -0.05) is 13.0 Å². The lowest BCUT2D eigenvalue weighted by atomic mass is 9.96. The van der Waals surface area contributed by atoms with E-state index in [0.29, 0.717) is 12.6 Å². The zero-order chi connectivity index (χ0) is 22.1. The second-order valence-electron chi connectivity index (χ2n) is 8.61. The number of carbonyl (C=O) groups excluding carboxylic acids is 1. The number of aliphatic imine (C=N–C) groups is 1. The van der Waals surface area contributed by atoms with Crippen molar-refractivity contribution in [1.29, 1.82) is 0 Å². The Bertz CT molecular complexity index is 729. The molecule has 0 spiro atoms. The quantitative estimate of drug-likeness (QED) is 0.258. The lowest BCUT2D eigenvalue weighted by Gasteiger charge is -2.33. The zero-order valence-corrected chi connectivity index (χ0v) is 21.9. The highest BCUT2D eigenvalue weighted by Gasteiger charge is 2.25. The number of nitrogens with two attached hydrogens (primary N) is 1. The van der Waals surface area contributed by atoms with Crippen LogP contribution in [0.1, 0.15) is 51.5 Å². The van der Waals surface area contributed by atoms with E-state index in [2.05, 4.69) is 45.3 Å². The smallest absolute Gasteiger partial charge is 0.220 e. The summed E-state index contributed by atoms with van der Waals surface area (Å²) in [5, 5.41) is 7.03. The first-order valence-electron chi connectivity index (χ1n) is 11.9. The summed E-state index contributed by atoms with van der Waals surface area (Å²) < 4.78 is 0. The van der Waals surface area contributed by atoms with Gasteiger partial charge in [-0.2, -0.15) is 0 Å². The summed E-state index contributed by atoms with van der Waals surface area (Å²) in [6.07, 6.45) is 6.92. The third-order valence-electron chi connectivity index (χ3n) is 6.28. The number of guanidine groups is 1. The van der Waals surface area contributed by atoms with Crippen molar-refractivity contribution in [2.75, 3.05) is 44.2 Å². The van der Waals surface area contributed by atoms with Gasteiger partial charge in [0.15, 0.2) is 5.96 Å². The van der Waals surface area contributed by atoms with E-state index >= 15 is 0 Å². The molecule has 2 aliphatic rings. The maximum absolute atomic E-state index is 11.5. The Labute approximate surface area is 209 Å². The Morgan fingerprint density at radius 3 is 2.53 bits per heavy atom. The predicted molar refractivity (Wildman–Crippen MR) is 141 cm³/mol. The highest BCUT2D eigenvalue weighted by atomic mass is 127. The Kier molecular flexibility index (Phi) is 11.5. The van der Waals surface area contributed by atoms with Crippen LogP contribution in [0, 0.1) is 5.92 Å². The van der Waals surface area contributed by atoms with Gasteiger partial charge in [0.2, 0.25) is 5.91 Å². The standard InChI is InChI=1S/C23H39N7O.HI/c1-3-12-29-13-9-20(10-14-29)28-23(25-4-2)27-17-19-6-5-11-26-22(19)30-15-7-18(8-16-30)21(24)31;/h5-6,11,18,20H,3-4,7-10,12-17H2,1-2H3,(H2,24,31)(H2,25,27,28);1H. The fraction of sp³-hybridized carbons (Fsp3) is 0.696. The van der Waals surface area contributed by atoms with E-state index in [1.165, 1.54) is 13.0 Å². The first-order valence-corrected chi connectivity index (χ1v) is 11.9. The summed E-state index contributed by atoms with van der Waals surface area (Å²) in [4.78, 5) is 25.8. The summed E-state index contributed by atoms with van der Waals surface area (Å²) in [7, 11) is 0. The summed E-state index contributed by atoms with van der Waals surface area (Å²) in [6, 6.07) is 4.53. The number of halogens is 1. The highest BCUT2D eigenvalue weighted by Crippen LogP contribution is 2.25. The summed E-state index contributed by atoms with van der Waals surface area (Å²) in [5.41, 5.74) is 6.59. The van der Waals surface area contributed by atoms with Crippen LogP contribution in [0.25, 0.3) is 0 Å². The van der Waals surface area contributed by atoms with Gasteiger partial charge in [-0.3, -0.25) is 4.79 Å². The van der Waals surface area contributed by atoms with E-state index in [1.54, 1.807) is 0 Å². The molecule has 0 saturated carbocycles. The van der Waals surface area contributed by atoms with Crippen molar-refractivity contribution in [2.45, 2.75) is 58.5 Å². The SMILES string of the molecule is CCCN1CCC(NC(=NCc2cccnc2N2CCC(C(N)=O)CC2)NCC)CC1.I. The van der Waals surface area contributed by atoms with Crippen LogP contribution in [0.2, 0.25) is 0 Å². The largest absolute Gasteiger partial charge is 0.369 e. The van der Waals surface area contributed by atoms with E-state index in [4.69, 9.17) is 10.7 Å². The van der Waals surface area contributed by atoms with E-state index in [1.807, 2.05) is 12.3 Å². The van der Waals surface area contributed by atoms with Crippen LogP contribution in [0.3, 0.4) is 0 Å². The minimum absolute atomic E-state index is 0. The number of piperidine rings is 2. The molecule has 3 rings (SSSR count). The Morgan fingerprint density at radius 1 is 1.19 bits per heavy atom. The van der Waals surface area contributed by atoms with Gasteiger partial charge in [0, 0.05) is 56.4 Å². The minimum atomic E-state index is -0.188. The topological polar surface area (TPSA) is 98.9 Å². The van der Waals surface area contributed by atoms with Gasteiger partial charge >= 0.3 is 0 Å². The van der Waals surface area contributed by atoms with Gasteiger partial charge in [0.05, 0.1) is 6.54 Å². The predicted octanol–water partition coefficient (Wildman–Crippen LogP) is 2.33. The molecule has 2 saturated heterocycles. The Morgan fingerprint density at radius 2 is 1.91 bits per heavy atom. The van der Waals surface area contributed by atoms with Gasteiger partial charge in [-0.15, -0.1) is 24.0 Å². The van der Waals surface area contributed by atoms with Crippen LogP contribution >= 0.6 is 24.0 Å². The van der Waals surface area contributed by atoms with Crippen LogP contribution in [-0.4, -0.2) is 67.1 Å². The number of primary amides is 1. The first-order chi connectivity index (χ1) is 15.1. The number of nitrogens with one attached hydrogen (secondary N) is 2. The highest BCUT2D eigenvalue weighted by molar-refractivity contribution is 14.0. The number of amides is 1. The van der Waals surface area contributed by atoms with Crippen molar-refractivity contribution in [2.24, 2.45) is 16.6 Å². The van der Waals surface area contributed by atoms with Crippen molar-refractivity contribution in [3.8, 4) is 0 Å². The molecule has 4 N–H and O–H groups in total. The molecule has 3 heterocycles. The molecule has 2 aliphatic heterocycles. The second-order valence-corrected chi connectivity index (χ2v) is 8.61. The number of anilines is 1. The van der Waals surface area contributed by atoms with Crippen molar-refractivity contribution < 1.29 is 4.79 Å². The maximum Gasteiger partial charge on any atom is 0.220 e. The molecule has 2 fully saturated rings. The molecule has 0 unspecified atom stereocenters. The molecule has 0 bridgehead atoms. The fourth-order valence-electron chi connectivity index (χ4n) is 4.51. The fourth-order valence-corrected chi connectivity index (χ4v) is 4.51. The van der Waals surface area contributed by atoms with Crippen molar-refractivity contribution in [1.82, 2.24) is 20.5 Å². The number of carbonyl (C=O) groups is 1. The molecular formula is C23H40IN7O. The number of hydrogen-bond donors (Lipinski definition) is 3. The van der Waals surface area contributed by atoms with Crippen LogP contribution in [0.5, 0.6) is 0 Å². The van der Waals surface area contributed by atoms with E-state index in [-0.39, 0.29) is 35.8 Å². The molecule has 8 nitrogen and oxygen atoms in total. The van der Waals surface area contributed by atoms with Gasteiger partial charge < -0.3 is 26.2 Å². The third kappa shape index (κ3) is 7.75. The molecule has 0 atom stereocenters. The number of nitrogens with zero attached hydrogens (tertiary/aromatic N) is 4. The molecule has 0 radical (unpaired) electrons. The number of likely N-dealkylation sites (tertiary alicyclic amines) is 1. The first kappa shape index (κ1) is 26.6. The summed E-state index contributed by atoms with van der Waals surface area (Å²) in [6.45, 7) is 10.8. The van der Waals surface area contributed by atoms with Gasteiger partial charge in [-0.05, 0) is 51.6 Å². The van der Waals surface area contributed by atoms with Crippen LogP contribution in [0.4, 0.5) is 5.82 Å².